The van der Waals surface area contributed by atoms with Crippen LogP contribution in [0.25, 0.3) is 0 Å². The Balaban J connectivity index is 3.35. The molecule has 0 saturated carbocycles. The second-order valence-corrected chi connectivity index (χ2v) is 4.50. The van der Waals surface area contributed by atoms with E-state index in [1.807, 2.05) is 0 Å². The first-order chi connectivity index (χ1) is 5.95. The first-order valence-electron chi connectivity index (χ1n) is 5.36. The third-order valence-corrected chi connectivity index (χ3v) is 2.23. The summed E-state index contributed by atoms with van der Waals surface area (Å²) in [7, 11) is 0. The van der Waals surface area contributed by atoms with E-state index < -0.39 is 5.60 Å². The summed E-state index contributed by atoms with van der Waals surface area (Å²) in [5.41, 5.74) is -0.633. The highest BCUT2D eigenvalue weighted by Gasteiger charge is 2.14. The van der Waals surface area contributed by atoms with Gasteiger partial charge in [-0.15, -0.1) is 0 Å². The van der Waals surface area contributed by atoms with E-state index in [1.165, 1.54) is 12.8 Å². The number of hydrogen-bond donors (Lipinski definition) is 2. The lowest BCUT2D eigenvalue weighted by Gasteiger charge is -2.19. The molecule has 2 heteroatoms. The zero-order valence-electron chi connectivity index (χ0n) is 9.21. The van der Waals surface area contributed by atoms with Gasteiger partial charge in [-0.25, -0.2) is 0 Å². The van der Waals surface area contributed by atoms with Gasteiger partial charge in [0.2, 0.25) is 0 Å². The number of aliphatic hydroxyl groups excluding tert-OH is 1. The lowest BCUT2D eigenvalue weighted by Crippen LogP contribution is -2.21. The Labute approximate surface area is 82.0 Å². The summed E-state index contributed by atoms with van der Waals surface area (Å²) in [6.45, 7) is 5.72. The molecule has 0 aliphatic rings. The van der Waals surface area contributed by atoms with Crippen LogP contribution < -0.4 is 0 Å². The molecular formula is C11H24O2. The highest BCUT2D eigenvalue weighted by Crippen LogP contribution is 2.15. The summed E-state index contributed by atoms with van der Waals surface area (Å²) < 4.78 is 0. The predicted molar refractivity (Wildman–Crippen MR) is 55.7 cm³/mol. The van der Waals surface area contributed by atoms with Gasteiger partial charge in [-0.1, -0.05) is 26.2 Å². The van der Waals surface area contributed by atoms with Gasteiger partial charge >= 0.3 is 0 Å². The fourth-order valence-electron chi connectivity index (χ4n) is 1.29. The second-order valence-electron chi connectivity index (χ2n) is 4.50. The molecule has 0 bridgehead atoms. The molecule has 80 valence electrons. The molecular weight excluding hydrogens is 164 g/mol. The zero-order valence-corrected chi connectivity index (χ0v) is 9.21. The van der Waals surface area contributed by atoms with E-state index in [9.17, 15) is 10.2 Å². The van der Waals surface area contributed by atoms with Crippen molar-refractivity contribution in [3.8, 4) is 0 Å². The van der Waals surface area contributed by atoms with Crippen molar-refractivity contribution in [2.24, 2.45) is 0 Å². The van der Waals surface area contributed by atoms with Gasteiger partial charge in [0.15, 0.2) is 0 Å². The van der Waals surface area contributed by atoms with E-state index in [1.54, 1.807) is 13.8 Å². The van der Waals surface area contributed by atoms with Gasteiger partial charge in [-0.2, -0.15) is 0 Å². The van der Waals surface area contributed by atoms with Crippen molar-refractivity contribution in [3.63, 3.8) is 0 Å². The number of hydrogen-bond acceptors (Lipinski definition) is 2. The average Bonchev–Trinajstić information content (AvgIpc) is 2.00. The van der Waals surface area contributed by atoms with Gasteiger partial charge in [0.25, 0.3) is 0 Å². The summed E-state index contributed by atoms with van der Waals surface area (Å²) in [6, 6.07) is 0. The summed E-state index contributed by atoms with van der Waals surface area (Å²) in [6.07, 6.45) is 5.54. The molecule has 0 heterocycles. The van der Waals surface area contributed by atoms with E-state index in [4.69, 9.17) is 0 Å². The van der Waals surface area contributed by atoms with Crippen LogP contribution in [0.15, 0.2) is 0 Å². The first kappa shape index (κ1) is 12.9. The van der Waals surface area contributed by atoms with Crippen LogP contribution in [-0.4, -0.2) is 21.9 Å². The number of aliphatic hydroxyl groups is 2. The van der Waals surface area contributed by atoms with E-state index >= 15 is 0 Å². The fourth-order valence-corrected chi connectivity index (χ4v) is 1.29. The summed E-state index contributed by atoms with van der Waals surface area (Å²) in [5, 5.41) is 19.0. The Kier molecular flexibility index (Phi) is 6.35. The average molecular weight is 188 g/mol. The van der Waals surface area contributed by atoms with Crippen LogP contribution in [-0.2, 0) is 0 Å². The van der Waals surface area contributed by atoms with Crippen molar-refractivity contribution in [2.75, 3.05) is 0 Å². The molecule has 0 aromatic rings. The van der Waals surface area contributed by atoms with Crippen LogP contribution in [0, 0.1) is 0 Å². The van der Waals surface area contributed by atoms with Crippen molar-refractivity contribution < 1.29 is 10.2 Å². The van der Waals surface area contributed by atoms with Crippen molar-refractivity contribution in [1.82, 2.24) is 0 Å². The van der Waals surface area contributed by atoms with E-state index in [0.29, 0.717) is 12.8 Å². The zero-order chi connectivity index (χ0) is 10.3. The normalized spacial score (nSPS) is 14.5. The molecule has 0 amide bonds. The molecule has 0 saturated heterocycles. The van der Waals surface area contributed by atoms with E-state index in [2.05, 4.69) is 6.92 Å². The van der Waals surface area contributed by atoms with Gasteiger partial charge in [0.05, 0.1) is 11.7 Å². The molecule has 0 aromatic carbocycles. The summed E-state index contributed by atoms with van der Waals surface area (Å²) >= 11 is 0. The minimum atomic E-state index is -0.633. The van der Waals surface area contributed by atoms with E-state index in [-0.39, 0.29) is 6.10 Å². The topological polar surface area (TPSA) is 40.5 Å². The lowest BCUT2D eigenvalue weighted by atomic mass is 9.98. The van der Waals surface area contributed by atoms with Crippen LogP contribution in [0.4, 0.5) is 0 Å². The molecule has 0 aliphatic carbocycles. The highest BCUT2D eigenvalue weighted by molar-refractivity contribution is 4.68. The molecule has 0 aromatic heterocycles. The smallest absolute Gasteiger partial charge is 0.0592 e. The molecule has 2 N–H and O–H groups in total. The van der Waals surface area contributed by atoms with Gasteiger partial charge < -0.3 is 10.2 Å². The van der Waals surface area contributed by atoms with Gasteiger partial charge in [-0.3, -0.25) is 0 Å². The molecule has 0 aliphatic heterocycles. The number of rotatable bonds is 7. The maximum atomic E-state index is 9.53. The third kappa shape index (κ3) is 9.84. The van der Waals surface area contributed by atoms with Crippen molar-refractivity contribution in [1.29, 1.82) is 0 Å². The molecule has 1 atom stereocenters. The molecule has 13 heavy (non-hydrogen) atoms. The van der Waals surface area contributed by atoms with Crippen molar-refractivity contribution >= 4 is 0 Å². The first-order valence-corrected chi connectivity index (χ1v) is 5.36. The third-order valence-electron chi connectivity index (χ3n) is 2.23. The minimum Gasteiger partial charge on any atom is -0.393 e. The Morgan fingerprint density at radius 3 is 2.23 bits per heavy atom. The minimum absolute atomic E-state index is 0.224. The van der Waals surface area contributed by atoms with Crippen LogP contribution >= 0.6 is 0 Å². The summed E-state index contributed by atoms with van der Waals surface area (Å²) in [4.78, 5) is 0. The second kappa shape index (κ2) is 6.39. The molecule has 2 nitrogen and oxygen atoms in total. The maximum Gasteiger partial charge on any atom is 0.0592 e. The van der Waals surface area contributed by atoms with Crippen LogP contribution in [0.2, 0.25) is 0 Å². The van der Waals surface area contributed by atoms with Crippen LogP contribution in [0.3, 0.4) is 0 Å². The maximum absolute atomic E-state index is 9.53. The molecule has 0 rings (SSSR count). The highest BCUT2D eigenvalue weighted by atomic mass is 16.3. The van der Waals surface area contributed by atoms with Crippen molar-refractivity contribution in [3.05, 3.63) is 0 Å². The molecule has 0 spiro atoms. The summed E-state index contributed by atoms with van der Waals surface area (Å²) in [5.74, 6) is 0. The Morgan fingerprint density at radius 2 is 1.77 bits per heavy atom. The monoisotopic (exact) mass is 188 g/mol. The lowest BCUT2D eigenvalue weighted by molar-refractivity contribution is 0.0465. The van der Waals surface area contributed by atoms with Crippen molar-refractivity contribution in [2.45, 2.75) is 71.0 Å². The Bertz CT molecular complexity index is 116. The Hall–Kier alpha value is -0.0800. The number of unbranched alkanes of at least 4 members (excludes halogenated alkanes) is 2. The quantitative estimate of drug-likeness (QED) is 0.603. The largest absolute Gasteiger partial charge is 0.393 e. The van der Waals surface area contributed by atoms with Gasteiger partial charge in [0, 0.05) is 0 Å². The fraction of sp³-hybridized carbons (Fsp3) is 1.00. The molecule has 0 fully saturated rings. The van der Waals surface area contributed by atoms with Gasteiger partial charge in [-0.05, 0) is 33.1 Å². The van der Waals surface area contributed by atoms with Crippen LogP contribution in [0.5, 0.6) is 0 Å². The Morgan fingerprint density at radius 1 is 1.15 bits per heavy atom. The van der Waals surface area contributed by atoms with E-state index in [0.717, 1.165) is 12.8 Å². The SMILES string of the molecule is CCCCC[C@H](O)CCC(C)(C)O. The van der Waals surface area contributed by atoms with Crippen LogP contribution in [0.1, 0.15) is 59.3 Å². The predicted octanol–water partition coefficient (Wildman–Crippen LogP) is 2.48. The standard InChI is InChI=1S/C11H24O2/c1-4-5-6-7-10(12)8-9-11(2,3)13/h10,12-13H,4-9H2,1-3H3/t10-/m0/s1. The molecule has 0 radical (unpaired) electrons. The molecule has 0 unspecified atom stereocenters. The van der Waals surface area contributed by atoms with Gasteiger partial charge in [0.1, 0.15) is 0 Å².